The van der Waals surface area contributed by atoms with Gasteiger partial charge in [0.05, 0.1) is 34.5 Å². The summed E-state index contributed by atoms with van der Waals surface area (Å²) in [7, 11) is 0. The second-order valence-electron chi connectivity index (χ2n) is 8.22. The van der Waals surface area contributed by atoms with E-state index in [2.05, 4.69) is 43.8 Å². The van der Waals surface area contributed by atoms with E-state index in [0.29, 0.717) is 45.8 Å². The van der Waals surface area contributed by atoms with Crippen molar-refractivity contribution in [2.24, 2.45) is 0 Å². The Labute approximate surface area is 210 Å². The van der Waals surface area contributed by atoms with Crippen LogP contribution in [0.25, 0.3) is 22.1 Å². The highest BCUT2D eigenvalue weighted by Crippen LogP contribution is 2.36. The van der Waals surface area contributed by atoms with Gasteiger partial charge in [-0.15, -0.1) is 0 Å². The number of hydrogen-bond donors (Lipinski definition) is 2. The minimum atomic E-state index is 0.173. The zero-order chi connectivity index (χ0) is 24.5. The van der Waals surface area contributed by atoms with Crippen LogP contribution in [0.4, 0.5) is 5.95 Å². The molecule has 0 spiro atoms. The number of hydrogen-bond acceptors (Lipinski definition) is 9. The number of fused-ring (bicyclic) bond motifs is 2. The van der Waals surface area contributed by atoms with Crippen molar-refractivity contribution in [3.63, 3.8) is 0 Å². The van der Waals surface area contributed by atoms with Crippen molar-refractivity contribution in [2.45, 2.75) is 49.7 Å². The molecule has 0 aliphatic carbocycles. The third-order valence-corrected chi connectivity index (χ3v) is 6.66. The first-order valence-electron chi connectivity index (χ1n) is 11.2. The van der Waals surface area contributed by atoms with Crippen molar-refractivity contribution in [3.05, 3.63) is 47.4 Å². The fourth-order valence-corrected chi connectivity index (χ4v) is 4.83. The van der Waals surface area contributed by atoms with Crippen LogP contribution in [0.3, 0.4) is 0 Å². The number of halogens is 1. The van der Waals surface area contributed by atoms with Crippen LogP contribution in [-0.2, 0) is 13.0 Å². The number of aromatic nitrogens is 8. The van der Waals surface area contributed by atoms with Crippen molar-refractivity contribution < 1.29 is 4.74 Å². The third-order valence-electron chi connectivity index (χ3n) is 5.42. The fraction of sp³-hybridized carbons (Fsp3) is 0.304. The van der Waals surface area contributed by atoms with Crippen LogP contribution >= 0.6 is 23.4 Å². The Bertz CT molecular complexity index is 1500. The molecule has 0 atom stereocenters. The molecule has 180 valence electrons. The number of imidazole rings is 1. The first-order valence-corrected chi connectivity index (χ1v) is 12.4. The number of rotatable bonds is 8. The molecule has 35 heavy (non-hydrogen) atoms. The maximum atomic E-state index is 6.62. The Morgan fingerprint density at radius 1 is 1.23 bits per heavy atom. The van der Waals surface area contributed by atoms with Crippen LogP contribution in [0.5, 0.6) is 5.88 Å². The zero-order valence-corrected chi connectivity index (χ0v) is 21.1. The van der Waals surface area contributed by atoms with Crippen molar-refractivity contribution in [1.29, 1.82) is 0 Å². The third kappa shape index (κ3) is 4.73. The average Bonchev–Trinajstić information content (AvgIpc) is 3.45. The molecule has 0 amide bonds. The van der Waals surface area contributed by atoms with Gasteiger partial charge in [-0.25, -0.2) is 19.9 Å². The van der Waals surface area contributed by atoms with E-state index in [-0.39, 0.29) is 11.9 Å². The molecular weight excluding hydrogens is 486 g/mol. The Hall–Kier alpha value is -3.44. The minimum Gasteiger partial charge on any atom is -0.475 e. The summed E-state index contributed by atoms with van der Waals surface area (Å²) in [6.07, 6.45) is 7.86. The van der Waals surface area contributed by atoms with Crippen LogP contribution in [0.15, 0.2) is 41.0 Å². The number of nitrogens with one attached hydrogen (secondary N) is 1. The molecule has 0 bridgehead atoms. The lowest BCUT2D eigenvalue weighted by Crippen LogP contribution is -2.08. The molecule has 0 saturated carbocycles. The summed E-state index contributed by atoms with van der Waals surface area (Å²) in [5.74, 6) is 0.831. The lowest BCUT2D eigenvalue weighted by atomic mass is 10.1. The van der Waals surface area contributed by atoms with Crippen LogP contribution in [0.2, 0.25) is 5.02 Å². The van der Waals surface area contributed by atoms with Gasteiger partial charge in [0.1, 0.15) is 17.8 Å². The van der Waals surface area contributed by atoms with E-state index in [1.807, 2.05) is 23.8 Å². The molecule has 0 fully saturated rings. The molecule has 0 aliphatic heterocycles. The van der Waals surface area contributed by atoms with Gasteiger partial charge in [-0.2, -0.15) is 4.98 Å². The first kappa shape index (κ1) is 23.3. The van der Waals surface area contributed by atoms with Gasteiger partial charge in [0.25, 0.3) is 0 Å². The Morgan fingerprint density at radius 3 is 2.83 bits per heavy atom. The number of nitrogens with two attached hydrogens (primary N) is 1. The molecule has 0 saturated heterocycles. The normalized spacial score (nSPS) is 11.7. The van der Waals surface area contributed by atoms with E-state index in [1.165, 1.54) is 11.8 Å². The van der Waals surface area contributed by atoms with Gasteiger partial charge in [0, 0.05) is 29.2 Å². The smallest absolute Gasteiger partial charge is 0.228 e. The van der Waals surface area contributed by atoms with Crippen molar-refractivity contribution in [2.75, 3.05) is 12.3 Å². The summed E-state index contributed by atoms with van der Waals surface area (Å²) < 4.78 is 8.00. The lowest BCUT2D eigenvalue weighted by molar-refractivity contribution is 0.288. The average molecular weight is 510 g/mol. The number of ether oxygens (including phenoxy) is 1. The van der Waals surface area contributed by atoms with Gasteiger partial charge in [0.15, 0.2) is 5.16 Å². The van der Waals surface area contributed by atoms with Gasteiger partial charge >= 0.3 is 0 Å². The van der Waals surface area contributed by atoms with E-state index in [9.17, 15) is 0 Å². The highest BCUT2D eigenvalue weighted by atomic mass is 35.5. The van der Waals surface area contributed by atoms with Crippen LogP contribution in [0.1, 0.15) is 38.1 Å². The number of aromatic amines is 1. The fourth-order valence-electron chi connectivity index (χ4n) is 3.72. The summed E-state index contributed by atoms with van der Waals surface area (Å²) in [4.78, 5) is 30.9. The summed E-state index contributed by atoms with van der Waals surface area (Å²) in [5.41, 5.74) is 9.70. The number of nitrogen functional groups attached to an aromatic ring is 1. The van der Waals surface area contributed by atoms with Crippen molar-refractivity contribution >= 4 is 51.4 Å². The van der Waals surface area contributed by atoms with Crippen LogP contribution in [-0.4, -0.2) is 46.1 Å². The Kier molecular flexibility index (Phi) is 6.44. The summed E-state index contributed by atoms with van der Waals surface area (Å²) >= 11 is 7.99. The molecule has 10 nitrogen and oxygen atoms in total. The molecule has 5 aromatic rings. The van der Waals surface area contributed by atoms with Gasteiger partial charge in [0.2, 0.25) is 11.8 Å². The first-order chi connectivity index (χ1) is 16.9. The number of H-pyrrole nitrogens is 1. The van der Waals surface area contributed by atoms with Crippen molar-refractivity contribution in [1.82, 2.24) is 39.5 Å². The number of nitrogens with zero attached hydrogens (tertiary/aromatic N) is 7. The summed E-state index contributed by atoms with van der Waals surface area (Å²) in [6, 6.07) is 1.92. The Balaban J connectivity index is 1.49. The monoisotopic (exact) mass is 509 g/mol. The van der Waals surface area contributed by atoms with Gasteiger partial charge < -0.3 is 20.0 Å². The van der Waals surface area contributed by atoms with Crippen molar-refractivity contribution in [3.8, 4) is 5.88 Å². The minimum absolute atomic E-state index is 0.173. The molecule has 0 aromatic carbocycles. The quantitative estimate of drug-likeness (QED) is 0.287. The highest BCUT2D eigenvalue weighted by Gasteiger charge is 2.19. The second-order valence-corrected chi connectivity index (χ2v) is 9.64. The highest BCUT2D eigenvalue weighted by molar-refractivity contribution is 7.99. The maximum absolute atomic E-state index is 6.62. The van der Waals surface area contributed by atoms with E-state index >= 15 is 0 Å². The molecule has 0 aliphatic rings. The number of pyridine rings is 1. The summed E-state index contributed by atoms with van der Waals surface area (Å²) in [5, 5.41) is 1.76. The molecule has 12 heteroatoms. The van der Waals surface area contributed by atoms with E-state index in [4.69, 9.17) is 27.1 Å². The van der Waals surface area contributed by atoms with Crippen LogP contribution in [0, 0.1) is 0 Å². The van der Waals surface area contributed by atoms with E-state index in [1.54, 1.807) is 18.7 Å². The van der Waals surface area contributed by atoms with Crippen LogP contribution < -0.4 is 10.5 Å². The maximum Gasteiger partial charge on any atom is 0.228 e. The molecule has 5 aromatic heterocycles. The van der Waals surface area contributed by atoms with Gasteiger partial charge in [-0.3, -0.25) is 4.98 Å². The SMILES string of the molecule is CCc1[nH]c2nc(Sc3cnc4c(C(C)C)nc(N)nc4c3)nc(OCCn3ccnc3)c2c1Cl. The van der Waals surface area contributed by atoms with Gasteiger partial charge in [-0.05, 0) is 30.2 Å². The predicted octanol–water partition coefficient (Wildman–Crippen LogP) is 4.64. The second kappa shape index (κ2) is 9.67. The number of aryl methyl sites for hydroxylation is 1. The van der Waals surface area contributed by atoms with E-state index in [0.717, 1.165) is 28.2 Å². The summed E-state index contributed by atoms with van der Waals surface area (Å²) in [6.45, 7) is 7.16. The lowest BCUT2D eigenvalue weighted by Gasteiger charge is -2.10. The topological polar surface area (TPSA) is 133 Å². The standard InChI is InChI=1S/C23H24ClN9OS/c1-4-14-17(24)16-20(28-14)31-23(32-21(16)34-8-7-33-6-5-26-11-33)35-13-9-15-19(27-10-13)18(12(2)3)30-22(25)29-15/h5-6,9-12H,4,7-8H2,1-3H3,(H2,25,29,30)(H,28,31,32). The predicted molar refractivity (Wildman–Crippen MR) is 136 cm³/mol. The largest absolute Gasteiger partial charge is 0.475 e. The molecule has 3 N–H and O–H groups in total. The molecule has 0 unspecified atom stereocenters. The molecule has 5 rings (SSSR count). The zero-order valence-electron chi connectivity index (χ0n) is 19.5. The van der Waals surface area contributed by atoms with Gasteiger partial charge in [-0.1, -0.05) is 32.4 Å². The molecular formula is C23H24ClN9OS. The molecule has 5 heterocycles. The Morgan fingerprint density at radius 2 is 2.09 bits per heavy atom. The molecule has 0 radical (unpaired) electrons. The van der Waals surface area contributed by atoms with E-state index < -0.39 is 0 Å². The number of anilines is 1.